The molecule has 3 rings (SSSR count). The second kappa shape index (κ2) is 8.64. The lowest BCUT2D eigenvalue weighted by Crippen LogP contribution is -2.36. The van der Waals surface area contributed by atoms with E-state index in [-0.39, 0.29) is 24.8 Å². The molecular weight excluding hydrogens is 368 g/mol. The Labute approximate surface area is 169 Å². The average molecular weight is 392 g/mol. The zero-order valence-corrected chi connectivity index (χ0v) is 17.0. The van der Waals surface area contributed by atoms with Gasteiger partial charge in [0.1, 0.15) is 6.33 Å². The lowest BCUT2D eigenvalue weighted by Gasteiger charge is -2.18. The Bertz CT molecular complexity index is 989. The van der Waals surface area contributed by atoms with E-state index in [0.29, 0.717) is 0 Å². The summed E-state index contributed by atoms with van der Waals surface area (Å²) in [7, 11) is 1.63. The van der Waals surface area contributed by atoms with Gasteiger partial charge in [-0.15, -0.1) is 5.10 Å². The molecule has 0 aliphatic carbocycles. The van der Waals surface area contributed by atoms with E-state index in [0.717, 1.165) is 33.6 Å². The molecule has 1 heterocycles. The standard InChI is InChI=1S/C21H24N6O2/c1-14-9-15(2)21(16(3)10-14)23-19(28)12-26(4)20(29)11-17-5-7-18(8-6-17)27-13-22-24-25-27/h5-10,13H,11-12H2,1-4H3,(H,23,28). The van der Waals surface area contributed by atoms with E-state index in [9.17, 15) is 9.59 Å². The summed E-state index contributed by atoms with van der Waals surface area (Å²) in [5, 5.41) is 13.9. The maximum Gasteiger partial charge on any atom is 0.243 e. The summed E-state index contributed by atoms with van der Waals surface area (Å²) < 4.78 is 1.54. The van der Waals surface area contributed by atoms with Gasteiger partial charge in [0.25, 0.3) is 0 Å². The third kappa shape index (κ3) is 5.04. The molecule has 0 spiro atoms. The summed E-state index contributed by atoms with van der Waals surface area (Å²) in [5.41, 5.74) is 5.63. The van der Waals surface area contributed by atoms with Crippen LogP contribution in [0.15, 0.2) is 42.7 Å². The number of nitrogens with one attached hydrogen (secondary N) is 1. The van der Waals surface area contributed by atoms with Gasteiger partial charge < -0.3 is 10.2 Å². The molecule has 0 aliphatic heterocycles. The van der Waals surface area contributed by atoms with E-state index in [1.54, 1.807) is 7.05 Å². The van der Waals surface area contributed by atoms with Crippen molar-refractivity contribution in [2.45, 2.75) is 27.2 Å². The van der Waals surface area contributed by atoms with Gasteiger partial charge in [0.2, 0.25) is 11.8 Å². The maximum atomic E-state index is 12.5. The molecule has 2 aromatic carbocycles. The van der Waals surface area contributed by atoms with Crippen LogP contribution >= 0.6 is 0 Å². The molecule has 0 aliphatic rings. The lowest BCUT2D eigenvalue weighted by atomic mass is 10.1. The quantitative estimate of drug-likeness (QED) is 0.694. The van der Waals surface area contributed by atoms with E-state index in [1.165, 1.54) is 15.9 Å². The zero-order chi connectivity index (χ0) is 21.0. The van der Waals surface area contributed by atoms with Gasteiger partial charge in [0.15, 0.2) is 0 Å². The molecule has 3 aromatic rings. The smallest absolute Gasteiger partial charge is 0.243 e. The first-order valence-corrected chi connectivity index (χ1v) is 9.27. The van der Waals surface area contributed by atoms with Crippen molar-refractivity contribution in [1.82, 2.24) is 25.1 Å². The molecule has 0 fully saturated rings. The van der Waals surface area contributed by atoms with E-state index in [4.69, 9.17) is 0 Å². The molecular formula is C21H24N6O2. The second-order valence-electron chi connectivity index (χ2n) is 7.17. The largest absolute Gasteiger partial charge is 0.336 e. The number of tetrazole rings is 1. The van der Waals surface area contributed by atoms with E-state index in [2.05, 4.69) is 20.8 Å². The topological polar surface area (TPSA) is 93.0 Å². The van der Waals surface area contributed by atoms with Crippen LogP contribution < -0.4 is 5.32 Å². The number of nitrogens with zero attached hydrogens (tertiary/aromatic N) is 5. The molecule has 0 saturated carbocycles. The molecule has 1 aromatic heterocycles. The molecule has 29 heavy (non-hydrogen) atoms. The molecule has 0 atom stereocenters. The summed E-state index contributed by atoms with van der Waals surface area (Å²) >= 11 is 0. The summed E-state index contributed by atoms with van der Waals surface area (Å²) in [6.45, 7) is 5.94. The number of carbonyl (C=O) groups excluding carboxylic acids is 2. The van der Waals surface area contributed by atoms with Crippen molar-refractivity contribution in [3.05, 3.63) is 65.0 Å². The highest BCUT2D eigenvalue weighted by Crippen LogP contribution is 2.21. The number of hydrogen-bond acceptors (Lipinski definition) is 5. The van der Waals surface area contributed by atoms with Crippen LogP contribution in [0.1, 0.15) is 22.3 Å². The zero-order valence-electron chi connectivity index (χ0n) is 17.0. The first-order chi connectivity index (χ1) is 13.8. The third-order valence-electron chi connectivity index (χ3n) is 4.65. The van der Waals surface area contributed by atoms with Gasteiger partial charge in [-0.3, -0.25) is 9.59 Å². The average Bonchev–Trinajstić information content (AvgIpc) is 3.20. The maximum absolute atomic E-state index is 12.5. The summed E-state index contributed by atoms with van der Waals surface area (Å²) in [5.74, 6) is -0.349. The Kier molecular flexibility index (Phi) is 6.01. The van der Waals surface area contributed by atoms with Gasteiger partial charge in [-0.2, -0.15) is 0 Å². The molecule has 0 bridgehead atoms. The molecule has 0 unspecified atom stereocenters. The molecule has 8 heteroatoms. The number of hydrogen-bond donors (Lipinski definition) is 1. The van der Waals surface area contributed by atoms with Gasteiger partial charge in [0, 0.05) is 12.7 Å². The van der Waals surface area contributed by atoms with Crippen molar-refractivity contribution in [2.24, 2.45) is 0 Å². The summed E-state index contributed by atoms with van der Waals surface area (Å²) in [4.78, 5) is 26.4. The monoisotopic (exact) mass is 392 g/mol. The molecule has 2 amide bonds. The third-order valence-corrected chi connectivity index (χ3v) is 4.65. The Morgan fingerprint density at radius 2 is 1.72 bits per heavy atom. The van der Waals surface area contributed by atoms with Crippen molar-refractivity contribution in [3.8, 4) is 5.69 Å². The number of likely N-dealkylation sites (N-methyl/N-ethyl adjacent to an activating group) is 1. The van der Waals surface area contributed by atoms with Crippen LogP contribution in [0.3, 0.4) is 0 Å². The minimum atomic E-state index is -0.218. The molecule has 0 radical (unpaired) electrons. The second-order valence-corrected chi connectivity index (χ2v) is 7.17. The molecule has 8 nitrogen and oxygen atoms in total. The SMILES string of the molecule is Cc1cc(C)c(NC(=O)CN(C)C(=O)Cc2ccc(-n3cnnn3)cc2)c(C)c1. The van der Waals surface area contributed by atoms with Crippen molar-refractivity contribution >= 4 is 17.5 Å². The highest BCUT2D eigenvalue weighted by atomic mass is 16.2. The van der Waals surface area contributed by atoms with Crippen LogP contribution in [0.25, 0.3) is 5.69 Å². The van der Waals surface area contributed by atoms with Crippen LogP contribution in [0.2, 0.25) is 0 Å². The summed E-state index contributed by atoms with van der Waals surface area (Å²) in [6.07, 6.45) is 1.71. The van der Waals surface area contributed by atoms with Crippen molar-refractivity contribution in [2.75, 3.05) is 18.9 Å². The number of anilines is 1. The Balaban J connectivity index is 1.57. The molecule has 150 valence electrons. The Morgan fingerprint density at radius 3 is 2.31 bits per heavy atom. The number of benzene rings is 2. The van der Waals surface area contributed by atoms with Crippen LogP contribution in [0, 0.1) is 20.8 Å². The van der Waals surface area contributed by atoms with Crippen molar-refractivity contribution < 1.29 is 9.59 Å². The predicted molar refractivity (Wildman–Crippen MR) is 110 cm³/mol. The lowest BCUT2D eigenvalue weighted by molar-refractivity contribution is -0.132. The first-order valence-electron chi connectivity index (χ1n) is 9.27. The normalized spacial score (nSPS) is 10.6. The number of amides is 2. The number of aromatic nitrogens is 4. The Hall–Kier alpha value is -3.55. The first kappa shape index (κ1) is 20.2. The van der Waals surface area contributed by atoms with Gasteiger partial charge in [0.05, 0.1) is 18.7 Å². The Morgan fingerprint density at radius 1 is 1.07 bits per heavy atom. The predicted octanol–water partition coefficient (Wildman–Crippen LogP) is 2.23. The van der Waals surface area contributed by atoms with Gasteiger partial charge in [-0.25, -0.2) is 4.68 Å². The fraction of sp³-hybridized carbons (Fsp3) is 0.286. The van der Waals surface area contributed by atoms with Crippen LogP contribution in [0.4, 0.5) is 5.69 Å². The molecule has 1 N–H and O–H groups in total. The fourth-order valence-electron chi connectivity index (χ4n) is 3.22. The van der Waals surface area contributed by atoms with E-state index < -0.39 is 0 Å². The number of rotatable bonds is 6. The van der Waals surface area contributed by atoms with Crippen LogP contribution in [-0.2, 0) is 16.0 Å². The van der Waals surface area contributed by atoms with E-state index in [1.807, 2.05) is 57.2 Å². The fourth-order valence-corrected chi connectivity index (χ4v) is 3.22. The van der Waals surface area contributed by atoms with Gasteiger partial charge >= 0.3 is 0 Å². The number of aryl methyl sites for hydroxylation is 3. The van der Waals surface area contributed by atoms with Crippen molar-refractivity contribution in [1.29, 1.82) is 0 Å². The molecule has 0 saturated heterocycles. The summed E-state index contributed by atoms with van der Waals surface area (Å²) in [6, 6.07) is 11.4. The van der Waals surface area contributed by atoms with Crippen LogP contribution in [0.5, 0.6) is 0 Å². The van der Waals surface area contributed by atoms with Gasteiger partial charge in [-0.1, -0.05) is 29.8 Å². The van der Waals surface area contributed by atoms with Crippen molar-refractivity contribution in [3.63, 3.8) is 0 Å². The highest BCUT2D eigenvalue weighted by molar-refractivity contribution is 5.96. The van der Waals surface area contributed by atoms with Crippen LogP contribution in [-0.4, -0.2) is 50.5 Å². The van der Waals surface area contributed by atoms with E-state index >= 15 is 0 Å². The number of carbonyl (C=O) groups is 2. The highest BCUT2D eigenvalue weighted by Gasteiger charge is 2.15. The van der Waals surface area contributed by atoms with Gasteiger partial charge in [-0.05, 0) is 60.0 Å². The minimum Gasteiger partial charge on any atom is -0.336 e. The minimum absolute atomic E-state index is 0.00566.